The van der Waals surface area contributed by atoms with Crippen LogP contribution in [0, 0.1) is 0 Å². The van der Waals surface area contributed by atoms with Gasteiger partial charge in [-0.05, 0) is 81.0 Å². The molecule has 0 bridgehead atoms. The average molecular weight is 475 g/mol. The van der Waals surface area contributed by atoms with E-state index >= 15 is 0 Å². The minimum absolute atomic E-state index is 0.0753. The summed E-state index contributed by atoms with van der Waals surface area (Å²) < 4.78 is 43.5. The number of nitrogens with zero attached hydrogens (tertiary/aromatic N) is 1. The lowest BCUT2D eigenvalue weighted by atomic mass is 9.86. The molecule has 1 amide bonds. The van der Waals surface area contributed by atoms with Crippen LogP contribution >= 0.6 is 0 Å². The van der Waals surface area contributed by atoms with Crippen molar-refractivity contribution in [3.8, 4) is 0 Å². The van der Waals surface area contributed by atoms with E-state index < -0.39 is 28.8 Å². The molecule has 0 spiro atoms. The number of rotatable bonds is 6. The fourth-order valence-corrected chi connectivity index (χ4v) is 4.71. The monoisotopic (exact) mass is 474 g/mol. The lowest BCUT2D eigenvalue weighted by molar-refractivity contribution is -0.137. The molecule has 2 aromatic rings. The number of carbonyl (C=O) groups excluding carboxylic acids is 2. The SMILES string of the molecule is COC(=O)c1ccc(C2(NC(=O)[C@@]3(C)CCCCN3Cc3ccc(C(F)(F)F)cc3)CC2)cc1. The Morgan fingerprint density at radius 1 is 1.00 bits per heavy atom. The van der Waals surface area contributed by atoms with Crippen LogP contribution in [0.5, 0.6) is 0 Å². The summed E-state index contributed by atoms with van der Waals surface area (Å²) in [5.74, 6) is -0.484. The van der Waals surface area contributed by atoms with E-state index in [0.29, 0.717) is 25.1 Å². The van der Waals surface area contributed by atoms with Crippen LogP contribution in [0.3, 0.4) is 0 Å². The Hall–Kier alpha value is -2.87. The molecule has 0 radical (unpaired) electrons. The van der Waals surface area contributed by atoms with Gasteiger partial charge in [0.15, 0.2) is 0 Å². The molecule has 5 nitrogen and oxygen atoms in total. The van der Waals surface area contributed by atoms with Crippen LogP contribution in [-0.4, -0.2) is 36.0 Å². The van der Waals surface area contributed by atoms with Crippen LogP contribution < -0.4 is 5.32 Å². The second kappa shape index (κ2) is 9.06. The quantitative estimate of drug-likeness (QED) is 0.596. The van der Waals surface area contributed by atoms with Crippen molar-refractivity contribution in [2.24, 2.45) is 0 Å². The molecular formula is C26H29F3N2O3. The Balaban J connectivity index is 1.49. The maximum absolute atomic E-state index is 13.6. The average Bonchev–Trinajstić information content (AvgIpc) is 3.60. The third-order valence-electron chi connectivity index (χ3n) is 7.14. The fourth-order valence-electron chi connectivity index (χ4n) is 4.71. The topological polar surface area (TPSA) is 58.6 Å². The summed E-state index contributed by atoms with van der Waals surface area (Å²) >= 11 is 0. The highest BCUT2D eigenvalue weighted by atomic mass is 19.4. The number of esters is 1. The van der Waals surface area contributed by atoms with Gasteiger partial charge in [0.25, 0.3) is 0 Å². The predicted octanol–water partition coefficient (Wildman–Crippen LogP) is 5.04. The van der Waals surface area contributed by atoms with Crippen molar-refractivity contribution in [1.82, 2.24) is 10.2 Å². The molecule has 1 aliphatic heterocycles. The number of nitrogens with one attached hydrogen (secondary N) is 1. The normalized spacial score (nSPS) is 22.1. The van der Waals surface area contributed by atoms with Crippen molar-refractivity contribution in [2.75, 3.05) is 13.7 Å². The first kappa shape index (κ1) is 24.3. The third-order valence-corrected chi connectivity index (χ3v) is 7.14. The zero-order chi connectivity index (χ0) is 24.6. The molecule has 182 valence electrons. The Morgan fingerprint density at radius 2 is 1.65 bits per heavy atom. The van der Waals surface area contributed by atoms with Gasteiger partial charge in [-0.3, -0.25) is 9.69 Å². The lowest BCUT2D eigenvalue weighted by Gasteiger charge is -2.44. The minimum Gasteiger partial charge on any atom is -0.465 e. The zero-order valence-electron chi connectivity index (χ0n) is 19.4. The van der Waals surface area contributed by atoms with Gasteiger partial charge in [-0.2, -0.15) is 13.2 Å². The molecule has 1 atom stereocenters. The van der Waals surface area contributed by atoms with Crippen molar-refractivity contribution in [3.05, 3.63) is 70.8 Å². The first-order valence-corrected chi connectivity index (χ1v) is 11.5. The Morgan fingerprint density at radius 3 is 2.21 bits per heavy atom. The van der Waals surface area contributed by atoms with Crippen LogP contribution in [0.2, 0.25) is 0 Å². The zero-order valence-corrected chi connectivity index (χ0v) is 19.4. The molecule has 1 N–H and O–H groups in total. The standard InChI is InChI=1S/C26H29F3N2O3/c1-24(13-3-4-16-31(24)17-18-5-9-21(10-6-18)26(27,28)29)23(33)30-25(14-15-25)20-11-7-19(8-12-20)22(32)34-2/h5-12H,3-4,13-17H2,1-2H3,(H,30,33)/t24-/m1/s1. The van der Waals surface area contributed by atoms with Gasteiger partial charge >= 0.3 is 12.1 Å². The molecular weight excluding hydrogens is 445 g/mol. The van der Waals surface area contributed by atoms with E-state index in [9.17, 15) is 22.8 Å². The van der Waals surface area contributed by atoms with Crippen molar-refractivity contribution in [1.29, 1.82) is 0 Å². The van der Waals surface area contributed by atoms with E-state index in [1.54, 1.807) is 12.1 Å². The highest BCUT2D eigenvalue weighted by molar-refractivity contribution is 5.89. The van der Waals surface area contributed by atoms with Gasteiger partial charge in [0, 0.05) is 6.54 Å². The maximum Gasteiger partial charge on any atom is 0.416 e. The van der Waals surface area contributed by atoms with E-state index in [1.165, 1.54) is 19.2 Å². The minimum atomic E-state index is -4.37. The number of alkyl halides is 3. The molecule has 1 heterocycles. The highest BCUT2D eigenvalue weighted by Gasteiger charge is 2.50. The summed E-state index contributed by atoms with van der Waals surface area (Å²) in [6, 6.07) is 12.3. The molecule has 0 unspecified atom stereocenters. The van der Waals surface area contributed by atoms with E-state index in [4.69, 9.17) is 4.74 Å². The number of hydrogen-bond donors (Lipinski definition) is 1. The Labute approximate surface area is 197 Å². The molecule has 2 fully saturated rings. The molecule has 2 aromatic carbocycles. The van der Waals surface area contributed by atoms with Crippen molar-refractivity contribution in [2.45, 2.75) is 62.8 Å². The lowest BCUT2D eigenvalue weighted by Crippen LogP contribution is -2.60. The molecule has 1 aliphatic carbocycles. The van der Waals surface area contributed by atoms with Crippen LogP contribution in [0.4, 0.5) is 13.2 Å². The second-order valence-corrected chi connectivity index (χ2v) is 9.45. The molecule has 4 rings (SSSR count). The largest absolute Gasteiger partial charge is 0.465 e. The van der Waals surface area contributed by atoms with E-state index in [2.05, 4.69) is 10.2 Å². The number of methoxy groups -OCH3 is 1. The first-order valence-electron chi connectivity index (χ1n) is 11.5. The number of halogens is 3. The van der Waals surface area contributed by atoms with Crippen molar-refractivity contribution < 1.29 is 27.5 Å². The molecule has 2 aliphatic rings. The number of likely N-dealkylation sites (tertiary alicyclic amines) is 1. The maximum atomic E-state index is 13.6. The first-order chi connectivity index (χ1) is 16.1. The summed E-state index contributed by atoms with van der Waals surface area (Å²) in [5, 5.41) is 3.26. The van der Waals surface area contributed by atoms with Gasteiger partial charge < -0.3 is 10.1 Å². The molecule has 1 saturated carbocycles. The van der Waals surface area contributed by atoms with Crippen LogP contribution in [0.15, 0.2) is 48.5 Å². The summed E-state index contributed by atoms with van der Waals surface area (Å²) in [6.07, 6.45) is -0.225. The third kappa shape index (κ3) is 4.82. The predicted molar refractivity (Wildman–Crippen MR) is 121 cm³/mol. The summed E-state index contributed by atoms with van der Waals surface area (Å²) in [5.41, 5.74) is 0.254. The second-order valence-electron chi connectivity index (χ2n) is 9.45. The number of carbonyl (C=O) groups is 2. The van der Waals surface area contributed by atoms with Gasteiger partial charge in [0.05, 0.1) is 29.3 Å². The van der Waals surface area contributed by atoms with Crippen LogP contribution in [0.25, 0.3) is 0 Å². The van der Waals surface area contributed by atoms with Gasteiger partial charge in [0.2, 0.25) is 5.91 Å². The van der Waals surface area contributed by atoms with Gasteiger partial charge in [-0.1, -0.05) is 24.3 Å². The molecule has 34 heavy (non-hydrogen) atoms. The van der Waals surface area contributed by atoms with E-state index in [0.717, 1.165) is 48.9 Å². The highest BCUT2D eigenvalue weighted by Crippen LogP contribution is 2.46. The summed E-state index contributed by atoms with van der Waals surface area (Å²) in [7, 11) is 1.33. The smallest absolute Gasteiger partial charge is 0.416 e. The number of hydrogen-bond acceptors (Lipinski definition) is 4. The van der Waals surface area contributed by atoms with Crippen LogP contribution in [-0.2, 0) is 27.8 Å². The number of piperidine rings is 1. The molecule has 1 saturated heterocycles. The fraction of sp³-hybridized carbons (Fsp3) is 0.462. The number of ether oxygens (including phenoxy) is 1. The number of benzene rings is 2. The van der Waals surface area contributed by atoms with E-state index in [-0.39, 0.29) is 5.91 Å². The van der Waals surface area contributed by atoms with Crippen LogP contribution in [0.1, 0.15) is 66.1 Å². The van der Waals surface area contributed by atoms with Crippen molar-refractivity contribution >= 4 is 11.9 Å². The Bertz CT molecular complexity index is 1050. The van der Waals surface area contributed by atoms with Gasteiger partial charge in [-0.15, -0.1) is 0 Å². The van der Waals surface area contributed by atoms with Gasteiger partial charge in [0.1, 0.15) is 0 Å². The molecule has 8 heteroatoms. The summed E-state index contributed by atoms with van der Waals surface area (Å²) in [6.45, 7) is 3.02. The van der Waals surface area contributed by atoms with Gasteiger partial charge in [-0.25, -0.2) is 4.79 Å². The summed E-state index contributed by atoms with van der Waals surface area (Å²) in [4.78, 5) is 27.4. The number of amides is 1. The molecule has 0 aromatic heterocycles. The van der Waals surface area contributed by atoms with E-state index in [1.807, 2.05) is 19.1 Å². The van der Waals surface area contributed by atoms with Crippen molar-refractivity contribution in [3.63, 3.8) is 0 Å². The Kier molecular flexibility index (Phi) is 6.46.